The second-order valence-electron chi connectivity index (χ2n) is 2.63. The molecule has 4 nitrogen and oxygen atoms in total. The summed E-state index contributed by atoms with van der Waals surface area (Å²) in [4.78, 5) is 10.3. The van der Waals surface area contributed by atoms with E-state index in [0.29, 0.717) is 13.0 Å². The maximum atomic E-state index is 10.3. The van der Waals surface area contributed by atoms with Gasteiger partial charge in [-0.15, -0.1) is 0 Å². The van der Waals surface area contributed by atoms with E-state index in [2.05, 4.69) is 0 Å². The van der Waals surface area contributed by atoms with Crippen molar-refractivity contribution in [1.82, 2.24) is 0 Å². The number of rotatable bonds is 7. The number of carbonyl (C=O) groups excluding carboxylic acids is 1. The van der Waals surface area contributed by atoms with Crippen molar-refractivity contribution >= 4 is 17.7 Å². The Morgan fingerprint density at radius 1 is 1.20 bits per heavy atom. The first kappa shape index (κ1) is 17.1. The highest BCUT2D eigenvalue weighted by Crippen LogP contribution is 1.94. The fourth-order valence-electron chi connectivity index (χ4n) is 0.549. The molecule has 0 unspecified atom stereocenters. The molecule has 0 aliphatic rings. The zero-order chi connectivity index (χ0) is 11.9. The molecule has 0 aromatic heterocycles. The van der Waals surface area contributed by atoms with Crippen LogP contribution in [0.3, 0.4) is 0 Å². The first-order chi connectivity index (χ1) is 7.22. The Labute approximate surface area is 96.0 Å². The summed E-state index contributed by atoms with van der Waals surface area (Å²) in [6.45, 7) is 4.75. The molecule has 0 heterocycles. The van der Waals surface area contributed by atoms with Crippen molar-refractivity contribution in [1.29, 1.82) is 0 Å². The van der Waals surface area contributed by atoms with E-state index in [0.717, 1.165) is 17.9 Å². The Hall–Kier alpha value is -0.260. The highest BCUT2D eigenvalue weighted by atomic mass is 32.2. The lowest BCUT2D eigenvalue weighted by Gasteiger charge is -1.97. The molecule has 0 aliphatic carbocycles. The van der Waals surface area contributed by atoms with Gasteiger partial charge in [0.2, 0.25) is 0 Å². The van der Waals surface area contributed by atoms with Crippen LogP contribution in [0.25, 0.3) is 0 Å². The number of hydrogen-bond acceptors (Lipinski definition) is 5. The van der Waals surface area contributed by atoms with Crippen LogP contribution < -0.4 is 0 Å². The molecule has 0 aliphatic heterocycles. The van der Waals surface area contributed by atoms with E-state index < -0.39 is 0 Å². The van der Waals surface area contributed by atoms with Gasteiger partial charge in [0.1, 0.15) is 0 Å². The van der Waals surface area contributed by atoms with Gasteiger partial charge >= 0.3 is 5.97 Å². The minimum Gasteiger partial charge on any atom is -0.466 e. The van der Waals surface area contributed by atoms with Gasteiger partial charge in [-0.05, 0) is 6.42 Å². The number of aliphatic hydroxyl groups excluding tert-OH is 2. The molecule has 0 spiro atoms. The molecule has 0 aromatic carbocycles. The molecule has 0 saturated carbocycles. The molecule has 5 heteroatoms. The first-order valence-electron chi connectivity index (χ1n) is 5.17. The second kappa shape index (κ2) is 16.2. The van der Waals surface area contributed by atoms with Crippen LogP contribution in [0, 0.1) is 0 Å². The van der Waals surface area contributed by atoms with Crippen LogP contribution in [0.5, 0.6) is 0 Å². The van der Waals surface area contributed by atoms with Crippen LogP contribution in [0.15, 0.2) is 0 Å². The lowest BCUT2D eigenvalue weighted by Crippen LogP contribution is -2.02. The van der Waals surface area contributed by atoms with Gasteiger partial charge in [-0.1, -0.05) is 13.8 Å². The minimum absolute atomic E-state index is 0.105. The molecular weight excluding hydrogens is 216 g/mol. The highest BCUT2D eigenvalue weighted by Gasteiger charge is 1.93. The first-order valence-corrected chi connectivity index (χ1v) is 6.33. The van der Waals surface area contributed by atoms with Crippen LogP contribution >= 0.6 is 11.8 Å². The van der Waals surface area contributed by atoms with Crippen molar-refractivity contribution in [3.05, 3.63) is 0 Å². The second-order valence-corrected chi connectivity index (χ2v) is 3.86. The van der Waals surface area contributed by atoms with Crippen molar-refractivity contribution < 1.29 is 19.7 Å². The summed E-state index contributed by atoms with van der Waals surface area (Å²) >= 11 is 1.55. The molecular formula is C10H22O4S. The van der Waals surface area contributed by atoms with E-state index in [9.17, 15) is 4.79 Å². The SMILES string of the molecule is CCCOC(=O)CC.OCCSCCO. The van der Waals surface area contributed by atoms with Gasteiger partial charge in [-0.25, -0.2) is 0 Å². The molecule has 0 atom stereocenters. The Balaban J connectivity index is 0. The van der Waals surface area contributed by atoms with Gasteiger partial charge in [0.05, 0.1) is 19.8 Å². The van der Waals surface area contributed by atoms with Gasteiger partial charge < -0.3 is 14.9 Å². The molecule has 0 rings (SSSR count). The van der Waals surface area contributed by atoms with Gasteiger partial charge in [0.15, 0.2) is 0 Å². The summed E-state index contributed by atoms with van der Waals surface area (Å²) < 4.78 is 4.70. The summed E-state index contributed by atoms with van der Waals surface area (Å²) in [6, 6.07) is 0. The molecule has 0 saturated heterocycles. The van der Waals surface area contributed by atoms with E-state index in [-0.39, 0.29) is 19.2 Å². The Bertz CT molecular complexity index is 127. The molecule has 0 fully saturated rings. The predicted molar refractivity (Wildman–Crippen MR) is 63.0 cm³/mol. The topological polar surface area (TPSA) is 66.8 Å². The Morgan fingerprint density at radius 3 is 2.07 bits per heavy atom. The van der Waals surface area contributed by atoms with E-state index in [1.54, 1.807) is 18.7 Å². The lowest BCUT2D eigenvalue weighted by molar-refractivity contribution is -0.143. The number of aliphatic hydroxyl groups is 2. The summed E-state index contributed by atoms with van der Waals surface area (Å²) in [5, 5.41) is 16.4. The normalized spacial score (nSPS) is 9.07. The maximum Gasteiger partial charge on any atom is 0.305 e. The minimum atomic E-state index is -0.105. The molecule has 2 N–H and O–H groups in total. The number of esters is 1. The largest absolute Gasteiger partial charge is 0.466 e. The number of thioether (sulfide) groups is 1. The van der Waals surface area contributed by atoms with Crippen LogP contribution in [-0.2, 0) is 9.53 Å². The number of carbonyl (C=O) groups is 1. The van der Waals surface area contributed by atoms with Gasteiger partial charge in [0, 0.05) is 17.9 Å². The zero-order valence-electron chi connectivity index (χ0n) is 9.57. The van der Waals surface area contributed by atoms with Gasteiger partial charge in [-0.3, -0.25) is 4.79 Å². The van der Waals surface area contributed by atoms with Crippen LogP contribution in [0.4, 0.5) is 0 Å². The molecule has 0 amide bonds. The summed E-state index contributed by atoms with van der Waals surface area (Å²) in [5.41, 5.74) is 0. The number of hydrogen-bond donors (Lipinski definition) is 2. The third kappa shape index (κ3) is 20.0. The lowest BCUT2D eigenvalue weighted by atomic mass is 10.5. The fraction of sp³-hybridized carbons (Fsp3) is 0.900. The van der Waals surface area contributed by atoms with E-state index >= 15 is 0 Å². The van der Waals surface area contributed by atoms with Crippen molar-refractivity contribution in [2.45, 2.75) is 26.7 Å². The average molecular weight is 238 g/mol. The zero-order valence-corrected chi connectivity index (χ0v) is 10.4. The summed E-state index contributed by atoms with van der Waals surface area (Å²) in [6.07, 6.45) is 1.39. The van der Waals surface area contributed by atoms with Gasteiger partial charge in [0.25, 0.3) is 0 Å². The average Bonchev–Trinajstić information content (AvgIpc) is 2.27. The quantitative estimate of drug-likeness (QED) is 0.513. The van der Waals surface area contributed by atoms with Crippen LogP contribution in [0.2, 0.25) is 0 Å². The molecule has 92 valence electrons. The molecule has 0 radical (unpaired) electrons. The highest BCUT2D eigenvalue weighted by molar-refractivity contribution is 7.99. The maximum absolute atomic E-state index is 10.3. The van der Waals surface area contributed by atoms with Crippen molar-refractivity contribution in [3.63, 3.8) is 0 Å². The molecule has 0 aromatic rings. The fourth-order valence-corrected chi connectivity index (χ4v) is 1.01. The van der Waals surface area contributed by atoms with Crippen molar-refractivity contribution in [2.24, 2.45) is 0 Å². The van der Waals surface area contributed by atoms with Gasteiger partial charge in [-0.2, -0.15) is 11.8 Å². The summed E-state index contributed by atoms with van der Waals surface area (Å²) in [7, 11) is 0. The molecule has 0 bridgehead atoms. The Morgan fingerprint density at radius 2 is 1.73 bits per heavy atom. The van der Waals surface area contributed by atoms with Crippen molar-refractivity contribution in [3.8, 4) is 0 Å². The van der Waals surface area contributed by atoms with E-state index in [1.807, 2.05) is 6.92 Å². The standard InChI is InChI=1S/C6H12O2.C4H10O2S/c1-3-5-8-6(7)4-2;5-1-3-7-4-2-6/h3-5H2,1-2H3;5-6H,1-4H2. The monoisotopic (exact) mass is 238 g/mol. The predicted octanol–water partition coefficient (Wildman–Crippen LogP) is 1.05. The van der Waals surface area contributed by atoms with Crippen LogP contribution in [0.1, 0.15) is 26.7 Å². The third-order valence-corrected chi connectivity index (χ3v) is 2.17. The van der Waals surface area contributed by atoms with E-state index in [4.69, 9.17) is 14.9 Å². The van der Waals surface area contributed by atoms with Crippen LogP contribution in [-0.4, -0.2) is 47.5 Å². The summed E-state index contributed by atoms with van der Waals surface area (Å²) in [5.74, 6) is 1.37. The van der Waals surface area contributed by atoms with E-state index in [1.165, 1.54) is 0 Å². The third-order valence-electron chi connectivity index (χ3n) is 1.23. The Kier molecular flexibility index (Phi) is 18.5. The van der Waals surface area contributed by atoms with Crippen molar-refractivity contribution in [2.75, 3.05) is 31.3 Å². The number of ether oxygens (including phenoxy) is 1. The smallest absolute Gasteiger partial charge is 0.305 e. The molecule has 15 heavy (non-hydrogen) atoms.